The van der Waals surface area contributed by atoms with Gasteiger partial charge in [0.2, 0.25) is 0 Å². The molecule has 3 N–H and O–H groups in total. The molecule has 1 aromatic carbocycles. The Morgan fingerprint density at radius 1 is 1.36 bits per heavy atom. The lowest BCUT2D eigenvalue weighted by Gasteiger charge is -1.96. The van der Waals surface area contributed by atoms with Crippen molar-refractivity contribution in [2.45, 2.75) is 12.8 Å². The number of rotatable bonds is 0. The van der Waals surface area contributed by atoms with E-state index in [4.69, 9.17) is 4.74 Å². The lowest BCUT2D eigenvalue weighted by molar-refractivity contribution is 0.337. The first-order chi connectivity index (χ1) is 4.88. The summed E-state index contributed by atoms with van der Waals surface area (Å²) < 4.78 is 5.41. The number of hydrogen-bond donors (Lipinski definition) is 1. The molecule has 1 atom stereocenters. The van der Waals surface area contributed by atoms with Gasteiger partial charge in [0.05, 0.1) is 6.61 Å². The van der Waals surface area contributed by atoms with Crippen LogP contribution in [0.15, 0.2) is 24.3 Å². The van der Waals surface area contributed by atoms with Crippen LogP contribution in [0.2, 0.25) is 0 Å². The third-order valence-electron chi connectivity index (χ3n) is 1.94. The van der Waals surface area contributed by atoms with Crippen molar-refractivity contribution in [2.75, 3.05) is 6.61 Å². The average molecular weight is 151 g/mol. The highest BCUT2D eigenvalue weighted by Crippen LogP contribution is 2.32. The molecular weight excluding hydrogens is 138 g/mol. The van der Waals surface area contributed by atoms with E-state index in [1.165, 1.54) is 5.56 Å². The molecule has 0 amide bonds. The molecular formula is C9H13NO. The van der Waals surface area contributed by atoms with Gasteiger partial charge >= 0.3 is 0 Å². The second kappa shape index (κ2) is 2.93. The lowest BCUT2D eigenvalue weighted by atomic mass is 10.0. The summed E-state index contributed by atoms with van der Waals surface area (Å²) in [5, 5.41) is 0. The van der Waals surface area contributed by atoms with Gasteiger partial charge in [0.1, 0.15) is 5.75 Å². The van der Waals surface area contributed by atoms with Crippen molar-refractivity contribution in [3.63, 3.8) is 0 Å². The number of para-hydroxylation sites is 1. The van der Waals surface area contributed by atoms with Gasteiger partial charge in [-0.2, -0.15) is 0 Å². The van der Waals surface area contributed by atoms with Crippen LogP contribution in [0, 0.1) is 0 Å². The Morgan fingerprint density at radius 3 is 2.82 bits per heavy atom. The fourth-order valence-corrected chi connectivity index (χ4v) is 1.32. The molecule has 60 valence electrons. The molecule has 0 aromatic heterocycles. The molecule has 2 rings (SSSR count). The van der Waals surface area contributed by atoms with Crippen molar-refractivity contribution >= 4 is 0 Å². The standard InChI is InChI=1S/C9H10O.H3N/c1-7-6-10-9-5-3-2-4-8(7)9;/h2-5,7H,6H2,1H3;1H3. The van der Waals surface area contributed by atoms with Gasteiger partial charge in [0.15, 0.2) is 0 Å². The van der Waals surface area contributed by atoms with Crippen LogP contribution < -0.4 is 10.9 Å². The first-order valence-corrected chi connectivity index (χ1v) is 3.59. The highest BCUT2D eigenvalue weighted by molar-refractivity contribution is 5.38. The molecule has 1 aromatic rings. The maximum absolute atomic E-state index is 5.41. The molecule has 11 heavy (non-hydrogen) atoms. The van der Waals surface area contributed by atoms with E-state index in [2.05, 4.69) is 19.1 Å². The van der Waals surface area contributed by atoms with E-state index in [9.17, 15) is 0 Å². The van der Waals surface area contributed by atoms with E-state index in [1.807, 2.05) is 12.1 Å². The maximum atomic E-state index is 5.41. The molecule has 1 unspecified atom stereocenters. The minimum Gasteiger partial charge on any atom is -0.493 e. The fourth-order valence-electron chi connectivity index (χ4n) is 1.32. The number of benzene rings is 1. The Kier molecular flexibility index (Phi) is 2.15. The summed E-state index contributed by atoms with van der Waals surface area (Å²) in [6.07, 6.45) is 0. The molecule has 0 saturated heterocycles. The van der Waals surface area contributed by atoms with Gasteiger partial charge in [-0.3, -0.25) is 0 Å². The molecule has 1 aliphatic heterocycles. The van der Waals surface area contributed by atoms with Crippen LogP contribution in [0.25, 0.3) is 0 Å². The van der Waals surface area contributed by atoms with Crippen molar-refractivity contribution < 1.29 is 4.74 Å². The van der Waals surface area contributed by atoms with Crippen LogP contribution >= 0.6 is 0 Å². The predicted molar refractivity (Wildman–Crippen MR) is 45.4 cm³/mol. The molecule has 0 saturated carbocycles. The summed E-state index contributed by atoms with van der Waals surface area (Å²) in [6, 6.07) is 8.23. The van der Waals surface area contributed by atoms with E-state index in [0.717, 1.165) is 12.4 Å². The summed E-state index contributed by atoms with van der Waals surface area (Å²) in [5.74, 6) is 1.64. The van der Waals surface area contributed by atoms with E-state index in [-0.39, 0.29) is 6.15 Å². The van der Waals surface area contributed by atoms with E-state index < -0.39 is 0 Å². The van der Waals surface area contributed by atoms with Gasteiger partial charge in [0, 0.05) is 11.5 Å². The smallest absolute Gasteiger partial charge is 0.122 e. The third-order valence-corrected chi connectivity index (χ3v) is 1.94. The minimum atomic E-state index is 0. The minimum absolute atomic E-state index is 0. The van der Waals surface area contributed by atoms with Crippen LogP contribution in [-0.2, 0) is 0 Å². The quantitative estimate of drug-likeness (QED) is 0.618. The highest BCUT2D eigenvalue weighted by Gasteiger charge is 2.17. The molecule has 1 aliphatic rings. The zero-order chi connectivity index (χ0) is 6.97. The maximum Gasteiger partial charge on any atom is 0.122 e. The first kappa shape index (κ1) is 8.08. The Bertz CT molecular complexity index is 247. The van der Waals surface area contributed by atoms with Crippen molar-refractivity contribution in [3.8, 4) is 5.75 Å². The molecule has 0 spiro atoms. The van der Waals surface area contributed by atoms with Gasteiger partial charge < -0.3 is 10.9 Å². The van der Waals surface area contributed by atoms with Gasteiger partial charge in [0.25, 0.3) is 0 Å². The second-order valence-corrected chi connectivity index (χ2v) is 2.75. The third kappa shape index (κ3) is 1.21. The Morgan fingerprint density at radius 2 is 2.09 bits per heavy atom. The molecule has 2 heteroatoms. The Labute approximate surface area is 66.8 Å². The zero-order valence-electron chi connectivity index (χ0n) is 6.71. The van der Waals surface area contributed by atoms with Crippen molar-refractivity contribution in [2.24, 2.45) is 0 Å². The van der Waals surface area contributed by atoms with Crippen LogP contribution in [-0.4, -0.2) is 6.61 Å². The van der Waals surface area contributed by atoms with Crippen molar-refractivity contribution in [1.29, 1.82) is 0 Å². The first-order valence-electron chi connectivity index (χ1n) is 3.59. The Hall–Kier alpha value is -1.02. The molecule has 0 radical (unpaired) electrons. The largest absolute Gasteiger partial charge is 0.493 e. The van der Waals surface area contributed by atoms with Crippen LogP contribution in [0.4, 0.5) is 0 Å². The van der Waals surface area contributed by atoms with Gasteiger partial charge in [-0.25, -0.2) is 0 Å². The van der Waals surface area contributed by atoms with Gasteiger partial charge in [-0.15, -0.1) is 0 Å². The molecule has 0 fully saturated rings. The fraction of sp³-hybridized carbons (Fsp3) is 0.333. The van der Waals surface area contributed by atoms with Crippen molar-refractivity contribution in [3.05, 3.63) is 29.8 Å². The summed E-state index contributed by atoms with van der Waals surface area (Å²) >= 11 is 0. The topological polar surface area (TPSA) is 44.2 Å². The summed E-state index contributed by atoms with van der Waals surface area (Å²) in [6.45, 7) is 3.03. The zero-order valence-corrected chi connectivity index (χ0v) is 6.71. The molecule has 0 bridgehead atoms. The lowest BCUT2D eigenvalue weighted by Crippen LogP contribution is -1.93. The molecule has 2 nitrogen and oxygen atoms in total. The van der Waals surface area contributed by atoms with E-state index in [0.29, 0.717) is 5.92 Å². The van der Waals surface area contributed by atoms with Gasteiger partial charge in [-0.05, 0) is 6.07 Å². The normalized spacial score (nSPS) is 19.9. The highest BCUT2D eigenvalue weighted by atomic mass is 16.5. The number of ether oxygens (including phenoxy) is 1. The monoisotopic (exact) mass is 151 g/mol. The average Bonchev–Trinajstić information content (AvgIpc) is 2.34. The van der Waals surface area contributed by atoms with E-state index in [1.54, 1.807) is 0 Å². The SMILES string of the molecule is CC1COc2ccccc21.N. The number of hydrogen-bond acceptors (Lipinski definition) is 2. The van der Waals surface area contributed by atoms with Crippen LogP contribution in [0.3, 0.4) is 0 Å². The van der Waals surface area contributed by atoms with E-state index >= 15 is 0 Å². The summed E-state index contributed by atoms with van der Waals surface area (Å²) in [4.78, 5) is 0. The summed E-state index contributed by atoms with van der Waals surface area (Å²) in [5.41, 5.74) is 1.35. The predicted octanol–water partition coefficient (Wildman–Crippen LogP) is 2.34. The number of fused-ring (bicyclic) bond motifs is 1. The summed E-state index contributed by atoms with van der Waals surface area (Å²) in [7, 11) is 0. The van der Waals surface area contributed by atoms with Gasteiger partial charge in [-0.1, -0.05) is 25.1 Å². The Balaban J connectivity index is 0.000000605. The molecule has 1 heterocycles. The van der Waals surface area contributed by atoms with Crippen LogP contribution in [0.5, 0.6) is 5.75 Å². The van der Waals surface area contributed by atoms with Crippen LogP contribution in [0.1, 0.15) is 18.4 Å². The molecule has 0 aliphatic carbocycles. The second-order valence-electron chi connectivity index (χ2n) is 2.75. The van der Waals surface area contributed by atoms with Crippen molar-refractivity contribution in [1.82, 2.24) is 6.15 Å².